The molecule has 2 aliphatic rings. The number of carbonyl (C=O) groups is 2. The van der Waals surface area contributed by atoms with E-state index in [9.17, 15) is 32.7 Å². The summed E-state index contributed by atoms with van der Waals surface area (Å²) in [5, 5.41) is 12.7. The number of carbonyl (C=O) groups excluding carboxylic acids is 2. The van der Waals surface area contributed by atoms with Gasteiger partial charge in [0.2, 0.25) is 5.43 Å². The lowest BCUT2D eigenvalue weighted by Gasteiger charge is -2.34. The lowest BCUT2D eigenvalue weighted by molar-refractivity contribution is 0.0662. The Hall–Kier alpha value is -3.30. The predicted molar refractivity (Wildman–Crippen MR) is 103 cm³/mol. The van der Waals surface area contributed by atoms with E-state index in [1.165, 1.54) is 10.8 Å². The molecule has 2 aromatic rings. The van der Waals surface area contributed by atoms with Crippen molar-refractivity contribution >= 4 is 11.8 Å². The van der Waals surface area contributed by atoms with E-state index in [1.54, 1.807) is 4.90 Å². The molecule has 0 unspecified atom stereocenters. The molecule has 0 saturated carbocycles. The monoisotopic (exact) mass is 435 g/mol. The van der Waals surface area contributed by atoms with Gasteiger partial charge in [-0.25, -0.2) is 13.2 Å². The van der Waals surface area contributed by atoms with Crippen molar-refractivity contribution in [2.24, 2.45) is 5.92 Å². The molecule has 164 valence electrons. The van der Waals surface area contributed by atoms with Gasteiger partial charge in [0.05, 0.1) is 6.04 Å². The molecular weight excluding hydrogens is 415 g/mol. The minimum atomic E-state index is -1.18. The van der Waals surface area contributed by atoms with Crippen LogP contribution in [0.4, 0.5) is 13.2 Å². The fourth-order valence-electron chi connectivity index (χ4n) is 4.19. The molecule has 0 radical (unpaired) electrons. The third-order valence-corrected chi connectivity index (χ3v) is 5.83. The van der Waals surface area contributed by atoms with Crippen molar-refractivity contribution in [1.29, 1.82) is 0 Å². The van der Waals surface area contributed by atoms with Gasteiger partial charge >= 0.3 is 0 Å². The first-order chi connectivity index (χ1) is 14.7. The molecule has 7 nitrogen and oxygen atoms in total. The van der Waals surface area contributed by atoms with Crippen LogP contribution >= 0.6 is 0 Å². The molecule has 4 rings (SSSR count). The second kappa shape index (κ2) is 7.75. The molecule has 0 spiro atoms. The Morgan fingerprint density at radius 1 is 1.16 bits per heavy atom. The summed E-state index contributed by atoms with van der Waals surface area (Å²) in [5.41, 5.74) is -2.24. The second-order valence-electron chi connectivity index (χ2n) is 8.05. The first kappa shape index (κ1) is 21.0. The maximum absolute atomic E-state index is 13.8. The minimum absolute atomic E-state index is 0.164. The number of fused-ring (bicyclic) bond motifs is 4. The highest BCUT2D eigenvalue weighted by atomic mass is 19.1. The Labute approximate surface area is 175 Å². The standard InChI is InChI=1S/C21H20F3N3O4/c1-10-2-3-12-8-26(7-10)21(31)17-19(29)18(28)14(9-27(12)17)20(30)25-6-13-15(23)4-11(22)5-16(13)24/h4-5,9-10,12,29H,2-3,6-8H2,1H3,(H,25,30)/t10-,12-/m0/s1. The molecule has 2 aliphatic heterocycles. The van der Waals surface area contributed by atoms with Crippen molar-refractivity contribution in [3.63, 3.8) is 0 Å². The van der Waals surface area contributed by atoms with Crippen LogP contribution in [0.5, 0.6) is 5.75 Å². The third-order valence-electron chi connectivity index (χ3n) is 5.83. The highest BCUT2D eigenvalue weighted by molar-refractivity contribution is 5.99. The molecule has 1 fully saturated rings. The number of pyridine rings is 1. The zero-order valence-electron chi connectivity index (χ0n) is 16.6. The van der Waals surface area contributed by atoms with E-state index in [-0.39, 0.29) is 17.7 Å². The molecule has 1 aromatic carbocycles. The normalized spacial score (nSPS) is 20.3. The zero-order chi connectivity index (χ0) is 22.4. The number of hydrogen-bond acceptors (Lipinski definition) is 4. The van der Waals surface area contributed by atoms with E-state index in [0.717, 1.165) is 6.42 Å². The van der Waals surface area contributed by atoms with E-state index >= 15 is 0 Å². The maximum Gasteiger partial charge on any atom is 0.274 e. The molecule has 0 aliphatic carbocycles. The van der Waals surface area contributed by atoms with Crippen molar-refractivity contribution in [2.75, 3.05) is 13.1 Å². The molecule has 1 aromatic heterocycles. The van der Waals surface area contributed by atoms with E-state index in [1.807, 2.05) is 6.92 Å². The zero-order valence-corrected chi connectivity index (χ0v) is 16.6. The summed E-state index contributed by atoms with van der Waals surface area (Å²) in [6.45, 7) is 2.28. The fourth-order valence-corrected chi connectivity index (χ4v) is 4.19. The molecule has 2 amide bonds. The highest BCUT2D eigenvalue weighted by Crippen LogP contribution is 2.33. The van der Waals surface area contributed by atoms with Crippen LogP contribution in [0.2, 0.25) is 0 Å². The molecule has 1 saturated heterocycles. The van der Waals surface area contributed by atoms with Crippen LogP contribution in [0.1, 0.15) is 52.2 Å². The van der Waals surface area contributed by atoms with Gasteiger partial charge in [-0.2, -0.15) is 0 Å². The molecule has 2 atom stereocenters. The first-order valence-electron chi connectivity index (χ1n) is 9.86. The summed E-state index contributed by atoms with van der Waals surface area (Å²) in [6, 6.07) is 0.742. The SMILES string of the molecule is C[C@H]1CC[C@H]2CN(C1)C(=O)c1c(O)c(=O)c(C(=O)NCc3c(F)cc(F)cc3F)cn12. The van der Waals surface area contributed by atoms with Crippen molar-refractivity contribution in [2.45, 2.75) is 32.4 Å². The summed E-state index contributed by atoms with van der Waals surface area (Å²) in [7, 11) is 0. The molecule has 2 N–H and O–H groups in total. The number of hydrogen-bond donors (Lipinski definition) is 2. The van der Waals surface area contributed by atoms with Crippen LogP contribution in [0.3, 0.4) is 0 Å². The van der Waals surface area contributed by atoms with Crippen molar-refractivity contribution in [1.82, 2.24) is 14.8 Å². The maximum atomic E-state index is 13.8. The van der Waals surface area contributed by atoms with Gasteiger partial charge in [-0.15, -0.1) is 0 Å². The summed E-state index contributed by atoms with van der Waals surface area (Å²) in [6.07, 6.45) is 2.72. The summed E-state index contributed by atoms with van der Waals surface area (Å²) < 4.78 is 42.1. The lowest BCUT2D eigenvalue weighted by Crippen LogP contribution is -2.45. The molecule has 10 heteroatoms. The van der Waals surface area contributed by atoms with Crippen LogP contribution < -0.4 is 10.7 Å². The van der Waals surface area contributed by atoms with Crippen molar-refractivity contribution < 1.29 is 27.9 Å². The number of aromatic nitrogens is 1. The molecule has 3 heterocycles. The Kier molecular flexibility index (Phi) is 5.24. The van der Waals surface area contributed by atoms with Crippen LogP contribution in [0.15, 0.2) is 23.1 Å². The molecule has 31 heavy (non-hydrogen) atoms. The van der Waals surface area contributed by atoms with Gasteiger partial charge in [-0.05, 0) is 18.8 Å². The minimum Gasteiger partial charge on any atom is -0.503 e. The van der Waals surface area contributed by atoms with Crippen LogP contribution in [-0.4, -0.2) is 39.5 Å². The van der Waals surface area contributed by atoms with Gasteiger partial charge in [0.25, 0.3) is 11.8 Å². The number of nitrogens with zero attached hydrogens (tertiary/aromatic N) is 2. The number of halogens is 3. The van der Waals surface area contributed by atoms with Crippen LogP contribution in [-0.2, 0) is 6.54 Å². The van der Waals surface area contributed by atoms with E-state index in [2.05, 4.69) is 5.32 Å². The van der Waals surface area contributed by atoms with Crippen LogP contribution in [0, 0.1) is 23.4 Å². The number of benzene rings is 1. The number of amides is 2. The third kappa shape index (κ3) is 3.66. The number of aromatic hydroxyl groups is 1. The summed E-state index contributed by atoms with van der Waals surface area (Å²) in [4.78, 5) is 39.6. The Balaban J connectivity index is 1.67. The lowest BCUT2D eigenvalue weighted by atomic mass is 10.0. The quantitative estimate of drug-likeness (QED) is 0.774. The van der Waals surface area contributed by atoms with Gasteiger partial charge in [-0.3, -0.25) is 14.4 Å². The van der Waals surface area contributed by atoms with Gasteiger partial charge in [0, 0.05) is 43.5 Å². The smallest absolute Gasteiger partial charge is 0.274 e. The first-order valence-corrected chi connectivity index (χ1v) is 9.86. The van der Waals surface area contributed by atoms with E-state index in [0.29, 0.717) is 31.6 Å². The topological polar surface area (TPSA) is 91.6 Å². The van der Waals surface area contributed by atoms with Gasteiger partial charge in [0.15, 0.2) is 11.4 Å². The average molecular weight is 435 g/mol. The Bertz CT molecular complexity index is 1120. The Morgan fingerprint density at radius 2 is 1.84 bits per heavy atom. The highest BCUT2D eigenvalue weighted by Gasteiger charge is 2.37. The van der Waals surface area contributed by atoms with Crippen LogP contribution in [0.25, 0.3) is 0 Å². The van der Waals surface area contributed by atoms with Gasteiger partial charge in [-0.1, -0.05) is 6.92 Å². The second-order valence-corrected chi connectivity index (χ2v) is 8.05. The van der Waals surface area contributed by atoms with E-state index < -0.39 is 58.1 Å². The Morgan fingerprint density at radius 3 is 2.52 bits per heavy atom. The summed E-state index contributed by atoms with van der Waals surface area (Å²) in [5.74, 6) is -5.50. The van der Waals surface area contributed by atoms with Crippen molar-refractivity contribution in [3.05, 3.63) is 62.8 Å². The molecule has 2 bridgehead atoms. The molecular formula is C21H20F3N3O4. The number of nitrogens with one attached hydrogen (secondary N) is 1. The van der Waals surface area contributed by atoms with Gasteiger partial charge in [0.1, 0.15) is 23.0 Å². The number of rotatable bonds is 3. The fraction of sp³-hybridized carbons (Fsp3) is 0.381. The van der Waals surface area contributed by atoms with E-state index in [4.69, 9.17) is 0 Å². The largest absolute Gasteiger partial charge is 0.503 e. The predicted octanol–water partition coefficient (Wildman–Crippen LogP) is 2.33. The van der Waals surface area contributed by atoms with Crippen molar-refractivity contribution in [3.8, 4) is 5.75 Å². The summed E-state index contributed by atoms with van der Waals surface area (Å²) >= 11 is 0. The average Bonchev–Trinajstić information content (AvgIpc) is 2.87. The van der Waals surface area contributed by atoms with Gasteiger partial charge < -0.3 is 19.9 Å².